The number of rotatable bonds is 4. The zero-order valence-electron chi connectivity index (χ0n) is 11.0. The van der Waals surface area contributed by atoms with E-state index in [0.717, 1.165) is 10.8 Å². The molecular formula is C14H20ClNOS. The molecule has 1 aliphatic carbocycles. The summed E-state index contributed by atoms with van der Waals surface area (Å²) < 4.78 is 0.687. The van der Waals surface area contributed by atoms with E-state index in [-0.39, 0.29) is 5.78 Å². The molecule has 0 N–H and O–H groups in total. The number of likely N-dealkylation sites (N-methyl/N-ethyl adjacent to an activating group) is 1. The van der Waals surface area contributed by atoms with Gasteiger partial charge in [0.15, 0.2) is 5.78 Å². The molecule has 0 amide bonds. The average molecular weight is 286 g/mol. The van der Waals surface area contributed by atoms with E-state index in [1.807, 2.05) is 6.07 Å². The maximum absolute atomic E-state index is 12.1. The van der Waals surface area contributed by atoms with Crippen molar-refractivity contribution in [3.8, 4) is 0 Å². The third-order valence-electron chi connectivity index (χ3n) is 3.77. The predicted molar refractivity (Wildman–Crippen MR) is 77.7 cm³/mol. The number of thiophene rings is 1. The van der Waals surface area contributed by atoms with E-state index in [1.54, 1.807) is 6.07 Å². The maximum atomic E-state index is 12.1. The number of Topliss-reactive ketones (excluding diaryl/α,β-unsaturated/α-hetero) is 1. The maximum Gasteiger partial charge on any atom is 0.186 e. The van der Waals surface area contributed by atoms with Crippen molar-refractivity contribution >= 4 is 28.7 Å². The van der Waals surface area contributed by atoms with Crippen molar-refractivity contribution in [2.75, 3.05) is 13.6 Å². The first-order valence-electron chi connectivity index (χ1n) is 6.55. The zero-order valence-corrected chi connectivity index (χ0v) is 12.6. The third-order valence-corrected chi connectivity index (χ3v) is 5.05. The van der Waals surface area contributed by atoms with E-state index in [0.29, 0.717) is 16.9 Å². The summed E-state index contributed by atoms with van der Waals surface area (Å²) in [5.74, 6) is 0.977. The number of hydrogen-bond donors (Lipinski definition) is 0. The number of nitrogens with zero attached hydrogens (tertiary/aromatic N) is 1. The highest BCUT2D eigenvalue weighted by Crippen LogP contribution is 2.27. The van der Waals surface area contributed by atoms with Gasteiger partial charge in [-0.15, -0.1) is 11.3 Å². The molecule has 1 heterocycles. The quantitative estimate of drug-likeness (QED) is 0.777. The smallest absolute Gasteiger partial charge is 0.186 e. The van der Waals surface area contributed by atoms with Crippen LogP contribution in [0.2, 0.25) is 4.34 Å². The number of carbonyl (C=O) groups is 1. The van der Waals surface area contributed by atoms with Gasteiger partial charge < -0.3 is 0 Å². The fraction of sp³-hybridized carbons (Fsp3) is 0.643. The Morgan fingerprint density at radius 1 is 1.50 bits per heavy atom. The largest absolute Gasteiger partial charge is 0.296 e. The van der Waals surface area contributed by atoms with Crippen LogP contribution in [0, 0.1) is 5.92 Å². The molecule has 0 aromatic carbocycles. The molecule has 1 saturated carbocycles. The van der Waals surface area contributed by atoms with Gasteiger partial charge in [-0.25, -0.2) is 0 Å². The van der Waals surface area contributed by atoms with Crippen molar-refractivity contribution in [1.29, 1.82) is 0 Å². The van der Waals surface area contributed by atoms with Crippen LogP contribution in [0.15, 0.2) is 12.1 Å². The molecule has 0 aliphatic heterocycles. The van der Waals surface area contributed by atoms with Crippen LogP contribution in [0.1, 0.15) is 42.3 Å². The van der Waals surface area contributed by atoms with Gasteiger partial charge in [0.2, 0.25) is 0 Å². The zero-order chi connectivity index (χ0) is 13.1. The summed E-state index contributed by atoms with van der Waals surface area (Å²) in [6, 6.07) is 4.18. The van der Waals surface area contributed by atoms with Gasteiger partial charge in [-0.05, 0) is 37.9 Å². The van der Waals surface area contributed by atoms with Crippen molar-refractivity contribution in [3.05, 3.63) is 21.3 Å². The van der Waals surface area contributed by atoms with Gasteiger partial charge >= 0.3 is 0 Å². The third kappa shape index (κ3) is 3.56. The van der Waals surface area contributed by atoms with Gasteiger partial charge in [-0.1, -0.05) is 31.4 Å². The van der Waals surface area contributed by atoms with Crippen molar-refractivity contribution in [3.63, 3.8) is 0 Å². The molecule has 0 saturated heterocycles. The molecule has 100 valence electrons. The lowest BCUT2D eigenvalue weighted by molar-refractivity contribution is 0.0886. The van der Waals surface area contributed by atoms with Crippen LogP contribution in [0.4, 0.5) is 0 Å². The minimum Gasteiger partial charge on any atom is -0.296 e. The summed E-state index contributed by atoms with van der Waals surface area (Å²) in [6.45, 7) is 2.81. The van der Waals surface area contributed by atoms with Crippen LogP contribution in [-0.2, 0) is 0 Å². The topological polar surface area (TPSA) is 20.3 Å². The molecule has 0 bridgehead atoms. The normalized spacial score (nSPS) is 24.4. The summed E-state index contributed by atoms with van der Waals surface area (Å²) in [5.41, 5.74) is 0. The molecule has 0 spiro atoms. The highest BCUT2D eigenvalue weighted by Gasteiger charge is 2.24. The summed E-state index contributed by atoms with van der Waals surface area (Å²) in [4.78, 5) is 15.1. The standard InChI is InChI=1S/C14H20ClNOS/c1-10-4-3-5-11(8-10)16(2)9-12(17)13-6-7-14(15)18-13/h6-7,10-11H,3-5,8-9H2,1-2H3. The Morgan fingerprint density at radius 3 is 2.89 bits per heavy atom. The predicted octanol–water partition coefficient (Wildman–Crippen LogP) is 4.09. The lowest BCUT2D eigenvalue weighted by atomic mass is 9.86. The lowest BCUT2D eigenvalue weighted by Crippen LogP contribution is -2.38. The minimum atomic E-state index is 0.188. The average Bonchev–Trinajstić information content (AvgIpc) is 2.76. The molecule has 18 heavy (non-hydrogen) atoms. The first kappa shape index (κ1) is 14.0. The second-order valence-corrected chi connectivity index (χ2v) is 7.08. The molecule has 2 atom stereocenters. The van der Waals surface area contributed by atoms with Gasteiger partial charge in [-0.2, -0.15) is 0 Å². The highest BCUT2D eigenvalue weighted by atomic mass is 35.5. The molecule has 4 heteroatoms. The lowest BCUT2D eigenvalue weighted by Gasteiger charge is -2.33. The van der Waals surface area contributed by atoms with E-state index in [4.69, 9.17) is 11.6 Å². The van der Waals surface area contributed by atoms with Gasteiger partial charge in [-0.3, -0.25) is 9.69 Å². The fourth-order valence-corrected chi connectivity index (χ4v) is 3.67. The second-order valence-electron chi connectivity index (χ2n) is 5.37. The van der Waals surface area contributed by atoms with Crippen molar-refractivity contribution in [2.24, 2.45) is 5.92 Å². The minimum absolute atomic E-state index is 0.188. The van der Waals surface area contributed by atoms with E-state index in [1.165, 1.54) is 37.0 Å². The summed E-state index contributed by atoms with van der Waals surface area (Å²) in [5, 5.41) is 0. The second kappa shape index (κ2) is 6.18. The van der Waals surface area contributed by atoms with Crippen LogP contribution >= 0.6 is 22.9 Å². The Bertz CT molecular complexity index is 418. The van der Waals surface area contributed by atoms with Gasteiger partial charge in [0, 0.05) is 6.04 Å². The van der Waals surface area contributed by atoms with E-state index < -0.39 is 0 Å². The molecule has 0 radical (unpaired) electrons. The molecule has 1 aromatic heterocycles. The Kier molecular flexibility index (Phi) is 4.82. The van der Waals surface area contributed by atoms with Gasteiger partial charge in [0.25, 0.3) is 0 Å². The molecule has 1 fully saturated rings. The molecule has 1 aromatic rings. The summed E-state index contributed by atoms with van der Waals surface area (Å²) in [7, 11) is 2.07. The summed E-state index contributed by atoms with van der Waals surface area (Å²) >= 11 is 7.24. The first-order chi connectivity index (χ1) is 8.56. The SMILES string of the molecule is CC1CCCC(N(C)CC(=O)c2ccc(Cl)s2)C1. The number of halogens is 1. The van der Waals surface area contributed by atoms with E-state index >= 15 is 0 Å². The monoisotopic (exact) mass is 285 g/mol. The van der Waals surface area contributed by atoms with Crippen LogP contribution in [-0.4, -0.2) is 30.3 Å². The van der Waals surface area contributed by atoms with Crippen LogP contribution in [0.5, 0.6) is 0 Å². The number of carbonyl (C=O) groups excluding carboxylic acids is 1. The highest BCUT2D eigenvalue weighted by molar-refractivity contribution is 7.18. The molecule has 1 aliphatic rings. The first-order valence-corrected chi connectivity index (χ1v) is 7.74. The Morgan fingerprint density at radius 2 is 2.28 bits per heavy atom. The van der Waals surface area contributed by atoms with Crippen molar-refractivity contribution < 1.29 is 4.79 Å². The number of ketones is 1. The molecule has 2 nitrogen and oxygen atoms in total. The van der Waals surface area contributed by atoms with Crippen molar-refractivity contribution in [1.82, 2.24) is 4.90 Å². The van der Waals surface area contributed by atoms with Crippen LogP contribution in [0.3, 0.4) is 0 Å². The van der Waals surface area contributed by atoms with Crippen LogP contribution in [0.25, 0.3) is 0 Å². The molecule has 2 unspecified atom stereocenters. The fourth-order valence-electron chi connectivity index (χ4n) is 2.70. The summed E-state index contributed by atoms with van der Waals surface area (Å²) in [6.07, 6.45) is 5.06. The van der Waals surface area contributed by atoms with Gasteiger partial charge in [0.05, 0.1) is 15.8 Å². The van der Waals surface area contributed by atoms with Crippen molar-refractivity contribution in [2.45, 2.75) is 38.6 Å². The van der Waals surface area contributed by atoms with E-state index in [9.17, 15) is 4.79 Å². The van der Waals surface area contributed by atoms with Crippen LogP contribution < -0.4 is 0 Å². The van der Waals surface area contributed by atoms with Gasteiger partial charge in [0.1, 0.15) is 0 Å². The Labute approximate surface area is 118 Å². The number of hydrogen-bond acceptors (Lipinski definition) is 3. The molecule has 2 rings (SSSR count). The Balaban J connectivity index is 1.90. The van der Waals surface area contributed by atoms with E-state index in [2.05, 4.69) is 18.9 Å². The molecular weight excluding hydrogens is 266 g/mol. The Hall–Kier alpha value is -0.380.